The van der Waals surface area contributed by atoms with Crippen LogP contribution in [-0.2, 0) is 0 Å². The molecule has 1 rings (SSSR count). The van der Waals surface area contributed by atoms with Crippen molar-refractivity contribution in [1.29, 1.82) is 0 Å². The van der Waals surface area contributed by atoms with Gasteiger partial charge in [0, 0.05) is 6.61 Å². The standard InChI is InChI=1S/C14H22O/c1-4-12(10-15)14(11(2)3)13-8-6-5-7-9-13/h5-9,11-12,14-15H,4,10H2,1-3H3. The first-order valence-corrected chi connectivity index (χ1v) is 5.86. The van der Waals surface area contributed by atoms with Crippen LogP contribution in [0.15, 0.2) is 30.3 Å². The number of rotatable bonds is 5. The Morgan fingerprint density at radius 1 is 1.13 bits per heavy atom. The van der Waals surface area contributed by atoms with Gasteiger partial charge in [0.05, 0.1) is 0 Å². The molecule has 84 valence electrons. The van der Waals surface area contributed by atoms with Gasteiger partial charge in [-0.15, -0.1) is 0 Å². The van der Waals surface area contributed by atoms with Gasteiger partial charge >= 0.3 is 0 Å². The molecule has 1 aromatic rings. The first-order valence-electron chi connectivity index (χ1n) is 5.86. The summed E-state index contributed by atoms with van der Waals surface area (Å²) >= 11 is 0. The van der Waals surface area contributed by atoms with Gasteiger partial charge in [-0.3, -0.25) is 0 Å². The highest BCUT2D eigenvalue weighted by Crippen LogP contribution is 2.33. The Bertz CT molecular complexity index is 262. The van der Waals surface area contributed by atoms with Crippen molar-refractivity contribution in [2.75, 3.05) is 6.61 Å². The Morgan fingerprint density at radius 3 is 2.13 bits per heavy atom. The van der Waals surface area contributed by atoms with Crippen LogP contribution in [0.3, 0.4) is 0 Å². The second-order valence-corrected chi connectivity index (χ2v) is 4.53. The molecule has 0 bridgehead atoms. The largest absolute Gasteiger partial charge is 0.396 e. The summed E-state index contributed by atoms with van der Waals surface area (Å²) in [6, 6.07) is 10.5. The smallest absolute Gasteiger partial charge is 0.0465 e. The molecule has 0 aliphatic rings. The van der Waals surface area contributed by atoms with E-state index in [1.54, 1.807) is 0 Å². The lowest BCUT2D eigenvalue weighted by Crippen LogP contribution is -2.20. The van der Waals surface area contributed by atoms with E-state index in [-0.39, 0.29) is 6.61 Å². The summed E-state index contributed by atoms with van der Waals surface area (Å²) in [6.07, 6.45) is 1.04. The van der Waals surface area contributed by atoms with Gasteiger partial charge in [-0.05, 0) is 23.3 Å². The zero-order valence-electron chi connectivity index (χ0n) is 9.98. The summed E-state index contributed by atoms with van der Waals surface area (Å²) in [5.74, 6) is 1.43. The maximum Gasteiger partial charge on any atom is 0.0465 e. The van der Waals surface area contributed by atoms with Gasteiger partial charge in [-0.25, -0.2) is 0 Å². The highest BCUT2D eigenvalue weighted by molar-refractivity contribution is 5.20. The van der Waals surface area contributed by atoms with E-state index >= 15 is 0 Å². The van der Waals surface area contributed by atoms with Gasteiger partial charge in [0.1, 0.15) is 0 Å². The summed E-state index contributed by atoms with van der Waals surface area (Å²) < 4.78 is 0. The Labute approximate surface area is 93.1 Å². The van der Waals surface area contributed by atoms with Crippen LogP contribution < -0.4 is 0 Å². The van der Waals surface area contributed by atoms with Gasteiger partial charge in [0.15, 0.2) is 0 Å². The Hall–Kier alpha value is -0.820. The Kier molecular flexibility index (Phi) is 4.83. The molecule has 0 aliphatic heterocycles. The lowest BCUT2D eigenvalue weighted by Gasteiger charge is -2.28. The fraction of sp³-hybridized carbons (Fsp3) is 0.571. The first kappa shape index (κ1) is 12.3. The molecule has 0 fully saturated rings. The molecule has 0 aromatic heterocycles. The molecule has 1 heteroatoms. The second kappa shape index (κ2) is 5.92. The van der Waals surface area contributed by atoms with E-state index in [9.17, 15) is 5.11 Å². The van der Waals surface area contributed by atoms with Crippen LogP contribution in [0.4, 0.5) is 0 Å². The molecule has 1 aromatic carbocycles. The van der Waals surface area contributed by atoms with Crippen LogP contribution in [-0.4, -0.2) is 11.7 Å². The van der Waals surface area contributed by atoms with Crippen molar-refractivity contribution in [3.05, 3.63) is 35.9 Å². The Balaban J connectivity index is 2.92. The molecule has 0 spiro atoms. The van der Waals surface area contributed by atoms with Gasteiger partial charge < -0.3 is 5.11 Å². The molecule has 0 amide bonds. The molecule has 1 N–H and O–H groups in total. The molecule has 0 saturated heterocycles. The second-order valence-electron chi connectivity index (χ2n) is 4.53. The molecule has 15 heavy (non-hydrogen) atoms. The van der Waals surface area contributed by atoms with Crippen molar-refractivity contribution in [3.8, 4) is 0 Å². The van der Waals surface area contributed by atoms with Crippen molar-refractivity contribution in [2.45, 2.75) is 33.1 Å². The number of hydrogen-bond acceptors (Lipinski definition) is 1. The minimum atomic E-state index is 0.286. The molecule has 0 radical (unpaired) electrons. The van der Waals surface area contributed by atoms with E-state index < -0.39 is 0 Å². The summed E-state index contributed by atoms with van der Waals surface area (Å²) in [5.41, 5.74) is 1.36. The minimum absolute atomic E-state index is 0.286. The first-order chi connectivity index (χ1) is 7.20. The fourth-order valence-electron chi connectivity index (χ4n) is 2.37. The average Bonchev–Trinajstić information content (AvgIpc) is 2.26. The number of aliphatic hydroxyl groups is 1. The van der Waals surface area contributed by atoms with Crippen LogP contribution in [0.2, 0.25) is 0 Å². The number of hydrogen-bond donors (Lipinski definition) is 1. The van der Waals surface area contributed by atoms with Crippen LogP contribution in [0.25, 0.3) is 0 Å². The predicted molar refractivity (Wildman–Crippen MR) is 64.9 cm³/mol. The molecular formula is C14H22O. The maximum absolute atomic E-state index is 9.41. The van der Waals surface area contributed by atoms with Crippen molar-refractivity contribution in [3.63, 3.8) is 0 Å². The van der Waals surface area contributed by atoms with Crippen molar-refractivity contribution in [1.82, 2.24) is 0 Å². The van der Waals surface area contributed by atoms with E-state index in [0.29, 0.717) is 17.8 Å². The van der Waals surface area contributed by atoms with E-state index in [2.05, 4.69) is 45.0 Å². The number of aliphatic hydroxyl groups excluding tert-OH is 1. The predicted octanol–water partition coefficient (Wildman–Crippen LogP) is 3.44. The van der Waals surface area contributed by atoms with E-state index in [0.717, 1.165) is 6.42 Å². The van der Waals surface area contributed by atoms with Crippen molar-refractivity contribution < 1.29 is 5.11 Å². The fourth-order valence-corrected chi connectivity index (χ4v) is 2.37. The van der Waals surface area contributed by atoms with E-state index in [4.69, 9.17) is 0 Å². The molecule has 0 aliphatic carbocycles. The average molecular weight is 206 g/mol. The maximum atomic E-state index is 9.41. The summed E-state index contributed by atoms with van der Waals surface area (Å²) in [7, 11) is 0. The molecular weight excluding hydrogens is 184 g/mol. The third-order valence-electron chi connectivity index (χ3n) is 3.17. The highest BCUT2D eigenvalue weighted by Gasteiger charge is 2.23. The third kappa shape index (κ3) is 3.07. The summed E-state index contributed by atoms with van der Waals surface area (Å²) in [5, 5.41) is 9.41. The topological polar surface area (TPSA) is 20.2 Å². The van der Waals surface area contributed by atoms with Crippen LogP contribution >= 0.6 is 0 Å². The molecule has 1 nitrogen and oxygen atoms in total. The lowest BCUT2D eigenvalue weighted by molar-refractivity contribution is 0.180. The van der Waals surface area contributed by atoms with E-state index in [1.807, 2.05) is 6.07 Å². The van der Waals surface area contributed by atoms with Gasteiger partial charge in [-0.2, -0.15) is 0 Å². The quantitative estimate of drug-likeness (QED) is 0.782. The summed E-state index contributed by atoms with van der Waals surface area (Å²) in [6.45, 7) is 6.90. The molecule has 2 unspecified atom stereocenters. The Morgan fingerprint density at radius 2 is 1.73 bits per heavy atom. The van der Waals surface area contributed by atoms with Crippen LogP contribution in [0.5, 0.6) is 0 Å². The van der Waals surface area contributed by atoms with Crippen LogP contribution in [0, 0.1) is 11.8 Å². The van der Waals surface area contributed by atoms with Crippen LogP contribution in [0.1, 0.15) is 38.7 Å². The zero-order chi connectivity index (χ0) is 11.3. The van der Waals surface area contributed by atoms with Gasteiger partial charge in [0.25, 0.3) is 0 Å². The molecule has 0 heterocycles. The molecule has 2 atom stereocenters. The van der Waals surface area contributed by atoms with Crippen molar-refractivity contribution in [2.24, 2.45) is 11.8 Å². The normalized spacial score (nSPS) is 15.3. The SMILES string of the molecule is CCC(CO)C(c1ccccc1)C(C)C. The lowest BCUT2D eigenvalue weighted by atomic mass is 9.77. The third-order valence-corrected chi connectivity index (χ3v) is 3.17. The zero-order valence-corrected chi connectivity index (χ0v) is 9.98. The van der Waals surface area contributed by atoms with Crippen molar-refractivity contribution >= 4 is 0 Å². The summed E-state index contributed by atoms with van der Waals surface area (Å²) in [4.78, 5) is 0. The van der Waals surface area contributed by atoms with Gasteiger partial charge in [-0.1, -0.05) is 57.5 Å². The highest BCUT2D eigenvalue weighted by atomic mass is 16.3. The van der Waals surface area contributed by atoms with Gasteiger partial charge in [0.2, 0.25) is 0 Å². The monoisotopic (exact) mass is 206 g/mol. The number of benzene rings is 1. The molecule has 0 saturated carbocycles. The minimum Gasteiger partial charge on any atom is -0.396 e. The van der Waals surface area contributed by atoms with E-state index in [1.165, 1.54) is 5.56 Å².